The van der Waals surface area contributed by atoms with E-state index in [9.17, 15) is 9.59 Å². The second kappa shape index (κ2) is 10.6. The van der Waals surface area contributed by atoms with Gasteiger partial charge in [-0.25, -0.2) is 18.7 Å². The zero-order chi connectivity index (χ0) is 27.7. The summed E-state index contributed by atoms with van der Waals surface area (Å²) < 4.78 is 31.6. The van der Waals surface area contributed by atoms with Gasteiger partial charge in [-0.1, -0.05) is 18.7 Å². The number of piperazine rings is 1. The van der Waals surface area contributed by atoms with Gasteiger partial charge in [0.05, 0.1) is 23.1 Å². The van der Waals surface area contributed by atoms with Crippen molar-refractivity contribution in [3.63, 3.8) is 0 Å². The van der Waals surface area contributed by atoms with E-state index in [0.29, 0.717) is 40.9 Å². The maximum atomic E-state index is 15.1. The highest BCUT2D eigenvalue weighted by Gasteiger charge is 2.22. The molecule has 2 aromatic carbocycles. The molecule has 5 rings (SSSR count). The van der Waals surface area contributed by atoms with Gasteiger partial charge >= 0.3 is 0 Å². The van der Waals surface area contributed by atoms with Crippen LogP contribution in [-0.2, 0) is 11.8 Å². The number of likely N-dealkylation sites (N-methyl/N-ethyl adjacent to an activating group) is 1. The van der Waals surface area contributed by atoms with Gasteiger partial charge in [0, 0.05) is 50.5 Å². The fourth-order valence-corrected chi connectivity index (χ4v) is 4.51. The summed E-state index contributed by atoms with van der Waals surface area (Å²) in [5.74, 6) is -2.31. The van der Waals surface area contributed by atoms with E-state index >= 15 is 8.78 Å². The zero-order valence-electron chi connectivity index (χ0n) is 21.5. The van der Waals surface area contributed by atoms with Gasteiger partial charge in [0.15, 0.2) is 11.6 Å². The number of fused-ring (bicyclic) bond motifs is 1. The number of carbonyl (C=O) groups is 1. The molecule has 0 spiro atoms. The number of hydrogen-bond donors (Lipinski definition) is 2. The number of anilines is 4. The average Bonchev–Trinajstić information content (AvgIpc) is 2.94. The normalized spacial score (nSPS) is 13.9. The molecule has 2 N–H and O–H groups in total. The smallest absolute Gasteiger partial charge is 0.251 e. The molecular weight excluding hydrogens is 504 g/mol. The van der Waals surface area contributed by atoms with Gasteiger partial charge in [0.2, 0.25) is 11.9 Å². The number of rotatable bonds is 6. The summed E-state index contributed by atoms with van der Waals surface area (Å²) >= 11 is 0. The van der Waals surface area contributed by atoms with Crippen molar-refractivity contribution in [3.05, 3.63) is 83.3 Å². The first kappa shape index (κ1) is 26.0. The highest BCUT2D eigenvalue weighted by Crippen LogP contribution is 2.31. The van der Waals surface area contributed by atoms with Crippen LogP contribution in [0, 0.1) is 11.6 Å². The molecule has 200 valence electrons. The first-order valence-corrected chi connectivity index (χ1v) is 12.3. The molecular formula is C28H27F2N7O2. The van der Waals surface area contributed by atoms with Gasteiger partial charge in [0.1, 0.15) is 5.52 Å². The number of pyridine rings is 1. The maximum Gasteiger partial charge on any atom is 0.251 e. The molecule has 0 atom stereocenters. The molecule has 0 radical (unpaired) electrons. The quantitative estimate of drug-likeness (QED) is 0.365. The zero-order valence-corrected chi connectivity index (χ0v) is 21.5. The van der Waals surface area contributed by atoms with Crippen LogP contribution in [0.4, 0.5) is 31.8 Å². The van der Waals surface area contributed by atoms with E-state index in [2.05, 4.69) is 32.1 Å². The Morgan fingerprint density at radius 3 is 2.56 bits per heavy atom. The lowest BCUT2D eigenvalue weighted by Gasteiger charge is -2.34. The SMILES string of the molecule is C=CC(=O)Nc1cccc(-c2cc(=O)n(C)c3cnc(Nc4ccc(N5CCN(C)CC5)c(F)c4F)nc23)c1. The van der Waals surface area contributed by atoms with Gasteiger partial charge in [-0.2, -0.15) is 0 Å². The fraction of sp³-hybridized carbons (Fsp3) is 0.214. The average molecular weight is 532 g/mol. The number of nitrogens with zero attached hydrogens (tertiary/aromatic N) is 5. The number of aryl methyl sites for hydroxylation is 1. The molecule has 1 aliphatic rings. The second-order valence-corrected chi connectivity index (χ2v) is 9.33. The Morgan fingerprint density at radius 1 is 1.05 bits per heavy atom. The summed E-state index contributed by atoms with van der Waals surface area (Å²) in [5.41, 5.74) is 2.31. The van der Waals surface area contributed by atoms with E-state index in [1.54, 1.807) is 37.4 Å². The van der Waals surface area contributed by atoms with Crippen molar-refractivity contribution in [2.24, 2.45) is 7.05 Å². The first-order chi connectivity index (χ1) is 18.7. The van der Waals surface area contributed by atoms with E-state index < -0.39 is 11.6 Å². The molecule has 1 amide bonds. The van der Waals surface area contributed by atoms with Crippen LogP contribution in [0.25, 0.3) is 22.2 Å². The first-order valence-electron chi connectivity index (χ1n) is 12.3. The molecule has 3 heterocycles. The van der Waals surface area contributed by atoms with Crippen LogP contribution in [0.2, 0.25) is 0 Å². The number of aromatic nitrogens is 3. The van der Waals surface area contributed by atoms with Crippen LogP contribution in [0.3, 0.4) is 0 Å². The van der Waals surface area contributed by atoms with Crippen LogP contribution in [0.15, 0.2) is 66.1 Å². The molecule has 1 aliphatic heterocycles. The number of amides is 1. The van der Waals surface area contributed by atoms with E-state index in [1.807, 2.05) is 11.9 Å². The molecule has 4 aromatic rings. The third kappa shape index (κ3) is 5.21. The van der Waals surface area contributed by atoms with E-state index in [4.69, 9.17) is 0 Å². The predicted molar refractivity (Wildman–Crippen MR) is 148 cm³/mol. The number of halogens is 2. The molecule has 11 heteroatoms. The molecule has 9 nitrogen and oxygen atoms in total. The number of hydrogen-bond acceptors (Lipinski definition) is 7. The fourth-order valence-electron chi connectivity index (χ4n) is 4.51. The van der Waals surface area contributed by atoms with Crippen molar-refractivity contribution in [2.45, 2.75) is 0 Å². The summed E-state index contributed by atoms with van der Waals surface area (Å²) in [6, 6.07) is 11.4. The van der Waals surface area contributed by atoms with Crippen molar-refractivity contribution >= 4 is 40.0 Å². The van der Waals surface area contributed by atoms with Gasteiger partial charge < -0.3 is 25.0 Å². The van der Waals surface area contributed by atoms with Crippen molar-refractivity contribution in [1.29, 1.82) is 0 Å². The summed E-state index contributed by atoms with van der Waals surface area (Å²) in [6.45, 7) is 6.19. The third-order valence-electron chi connectivity index (χ3n) is 6.76. The minimum atomic E-state index is -1.03. The van der Waals surface area contributed by atoms with Crippen LogP contribution in [0.1, 0.15) is 0 Å². The number of carbonyl (C=O) groups excluding carboxylic acids is 1. The highest BCUT2D eigenvalue weighted by molar-refractivity contribution is 6.00. The summed E-state index contributed by atoms with van der Waals surface area (Å²) in [4.78, 5) is 37.2. The lowest BCUT2D eigenvalue weighted by atomic mass is 10.0. The maximum absolute atomic E-state index is 15.1. The third-order valence-corrected chi connectivity index (χ3v) is 6.76. The monoisotopic (exact) mass is 531 g/mol. The summed E-state index contributed by atoms with van der Waals surface area (Å²) in [6.07, 6.45) is 2.61. The highest BCUT2D eigenvalue weighted by atomic mass is 19.2. The Bertz CT molecular complexity index is 1650. The lowest BCUT2D eigenvalue weighted by molar-refractivity contribution is -0.111. The Hall–Kier alpha value is -4.64. The van der Waals surface area contributed by atoms with Crippen LogP contribution >= 0.6 is 0 Å². The molecule has 2 aromatic heterocycles. The van der Waals surface area contributed by atoms with Crippen LogP contribution < -0.4 is 21.1 Å². The second-order valence-electron chi connectivity index (χ2n) is 9.33. The molecule has 0 saturated carbocycles. The number of benzene rings is 2. The Morgan fingerprint density at radius 2 is 1.82 bits per heavy atom. The number of nitrogens with one attached hydrogen (secondary N) is 2. The van der Waals surface area contributed by atoms with Crippen molar-refractivity contribution in [3.8, 4) is 11.1 Å². The largest absolute Gasteiger partial charge is 0.367 e. The molecule has 0 aliphatic carbocycles. The Labute approximate surface area is 223 Å². The van der Waals surface area contributed by atoms with Gasteiger partial charge in [0.25, 0.3) is 5.56 Å². The Kier molecular flexibility index (Phi) is 7.07. The van der Waals surface area contributed by atoms with Gasteiger partial charge in [-0.15, -0.1) is 0 Å². The molecule has 39 heavy (non-hydrogen) atoms. The molecule has 0 bridgehead atoms. The van der Waals surface area contributed by atoms with E-state index in [0.717, 1.165) is 19.2 Å². The minimum Gasteiger partial charge on any atom is -0.367 e. The minimum absolute atomic E-state index is 0.0316. The topological polar surface area (TPSA) is 95.4 Å². The van der Waals surface area contributed by atoms with Crippen LogP contribution in [-0.4, -0.2) is 58.6 Å². The van der Waals surface area contributed by atoms with Crippen molar-refractivity contribution in [2.75, 3.05) is 48.8 Å². The van der Waals surface area contributed by atoms with Crippen LogP contribution in [0.5, 0.6) is 0 Å². The van der Waals surface area contributed by atoms with Gasteiger partial charge in [-0.05, 0) is 43.0 Å². The molecule has 1 fully saturated rings. The van der Waals surface area contributed by atoms with Gasteiger partial charge in [-0.3, -0.25) is 9.59 Å². The van der Waals surface area contributed by atoms with E-state index in [1.165, 1.54) is 22.9 Å². The van der Waals surface area contributed by atoms with Crippen molar-refractivity contribution in [1.82, 2.24) is 19.4 Å². The van der Waals surface area contributed by atoms with E-state index in [-0.39, 0.29) is 28.8 Å². The molecule has 1 saturated heterocycles. The predicted octanol–water partition coefficient (Wildman–Crippen LogP) is 3.89. The van der Waals surface area contributed by atoms with Crippen molar-refractivity contribution < 1.29 is 13.6 Å². The standard InChI is InChI=1S/C28H27F2N7O2/c1-4-23(38)32-18-7-5-6-17(14-18)19-15-24(39)36(3)22-16-31-28(34-27(19)22)33-20-8-9-21(26(30)25(20)29)37-12-10-35(2)11-13-37/h4-9,14-16H,1,10-13H2,2-3H3,(H,32,38)(H,31,33,34). The Balaban J connectivity index is 1.51. The molecule has 0 unspecified atom stereocenters. The summed E-state index contributed by atoms with van der Waals surface area (Å²) in [7, 11) is 3.59. The summed E-state index contributed by atoms with van der Waals surface area (Å²) in [5, 5.41) is 5.47. The lowest BCUT2D eigenvalue weighted by Crippen LogP contribution is -2.44.